The van der Waals surface area contributed by atoms with Crippen molar-refractivity contribution in [1.82, 2.24) is 5.32 Å². The molecule has 0 spiro atoms. The smallest absolute Gasteiger partial charge is 0.340 e. The number of urea groups is 1. The summed E-state index contributed by atoms with van der Waals surface area (Å²) in [7, 11) is 3.21. The van der Waals surface area contributed by atoms with Crippen molar-refractivity contribution >= 4 is 17.7 Å². The van der Waals surface area contributed by atoms with Crippen molar-refractivity contribution in [1.29, 1.82) is 0 Å². The Morgan fingerprint density at radius 1 is 1.03 bits per heavy atom. The fraction of sp³-hybridized carbons (Fsp3) is 0.364. The minimum atomic E-state index is -0.465. The van der Waals surface area contributed by atoms with Gasteiger partial charge in [-0.05, 0) is 49.6 Å². The molecule has 1 aliphatic carbocycles. The third-order valence-electron chi connectivity index (χ3n) is 5.11. The van der Waals surface area contributed by atoms with Gasteiger partial charge in [-0.2, -0.15) is 0 Å². The summed E-state index contributed by atoms with van der Waals surface area (Å²) in [5.41, 5.74) is 1.73. The van der Waals surface area contributed by atoms with E-state index in [0.717, 1.165) is 18.4 Å². The molecule has 0 aromatic heterocycles. The Hall–Kier alpha value is -3.22. The third kappa shape index (κ3) is 4.62. The maximum Gasteiger partial charge on any atom is 0.340 e. The molecule has 2 N–H and O–H groups in total. The molecular formula is C22H26N2O5. The average Bonchev–Trinajstić information content (AvgIpc) is 3.53. The number of amides is 2. The van der Waals surface area contributed by atoms with Crippen LogP contribution in [0.2, 0.25) is 0 Å². The number of benzene rings is 2. The number of carbonyl (C=O) groups excluding carboxylic acids is 2. The predicted octanol–water partition coefficient (Wildman–Crippen LogP) is 3.73. The Morgan fingerprint density at radius 2 is 1.76 bits per heavy atom. The number of anilines is 1. The van der Waals surface area contributed by atoms with Gasteiger partial charge in [-0.1, -0.05) is 18.2 Å². The number of hydrogen-bond donors (Lipinski definition) is 2. The van der Waals surface area contributed by atoms with Gasteiger partial charge in [-0.25, -0.2) is 9.59 Å². The molecule has 1 saturated carbocycles. The van der Waals surface area contributed by atoms with Crippen molar-refractivity contribution in [2.45, 2.75) is 25.2 Å². The van der Waals surface area contributed by atoms with Crippen LogP contribution >= 0.6 is 0 Å². The molecule has 2 amide bonds. The van der Waals surface area contributed by atoms with Crippen molar-refractivity contribution in [3.05, 3.63) is 53.6 Å². The molecule has 7 heteroatoms. The fourth-order valence-electron chi connectivity index (χ4n) is 3.28. The van der Waals surface area contributed by atoms with Gasteiger partial charge in [0.05, 0.1) is 32.1 Å². The summed E-state index contributed by atoms with van der Waals surface area (Å²) in [5.74, 6) is 0.879. The number of hydrogen-bond acceptors (Lipinski definition) is 5. The van der Waals surface area contributed by atoms with Gasteiger partial charge >= 0.3 is 12.0 Å². The second-order valence-corrected chi connectivity index (χ2v) is 6.92. The minimum Gasteiger partial charge on any atom is -0.493 e. The second kappa shape index (κ2) is 8.86. The molecule has 154 valence electrons. The summed E-state index contributed by atoms with van der Waals surface area (Å²) >= 11 is 0. The highest BCUT2D eigenvalue weighted by molar-refractivity contribution is 6.00. The first kappa shape index (κ1) is 20.5. The summed E-state index contributed by atoms with van der Waals surface area (Å²) in [6, 6.07) is 12.3. The minimum absolute atomic E-state index is 0.114. The number of esters is 1. The molecule has 1 aliphatic rings. The zero-order chi connectivity index (χ0) is 20.9. The molecule has 2 aromatic rings. The molecule has 0 saturated heterocycles. The average molecular weight is 398 g/mol. The van der Waals surface area contributed by atoms with E-state index in [1.54, 1.807) is 45.4 Å². The lowest BCUT2D eigenvalue weighted by Gasteiger charge is -2.19. The van der Waals surface area contributed by atoms with E-state index in [4.69, 9.17) is 14.2 Å². The van der Waals surface area contributed by atoms with E-state index in [9.17, 15) is 9.59 Å². The van der Waals surface area contributed by atoms with Crippen molar-refractivity contribution in [3.63, 3.8) is 0 Å². The van der Waals surface area contributed by atoms with Crippen molar-refractivity contribution < 1.29 is 23.8 Å². The summed E-state index contributed by atoms with van der Waals surface area (Å²) < 4.78 is 15.7. The molecule has 29 heavy (non-hydrogen) atoms. The lowest BCUT2D eigenvalue weighted by molar-refractivity contribution is 0.0527. The summed E-state index contributed by atoms with van der Waals surface area (Å²) in [6.45, 7) is 2.49. The highest BCUT2D eigenvalue weighted by Gasteiger charge is 2.44. The van der Waals surface area contributed by atoms with E-state index in [-0.39, 0.29) is 18.1 Å². The number of carbonyl (C=O) groups is 2. The fourth-order valence-corrected chi connectivity index (χ4v) is 3.28. The summed E-state index contributed by atoms with van der Waals surface area (Å²) in [5, 5.41) is 5.67. The Balaban J connectivity index is 1.65. The molecule has 7 nitrogen and oxygen atoms in total. The molecule has 0 unspecified atom stereocenters. The first-order chi connectivity index (χ1) is 14.0. The first-order valence-corrected chi connectivity index (χ1v) is 9.56. The summed E-state index contributed by atoms with van der Waals surface area (Å²) in [6.07, 6.45) is 1.95. The van der Waals surface area contributed by atoms with Crippen molar-refractivity contribution in [2.24, 2.45) is 0 Å². The Bertz CT molecular complexity index is 893. The Kier molecular flexibility index (Phi) is 6.26. The highest BCUT2D eigenvalue weighted by atomic mass is 16.5. The van der Waals surface area contributed by atoms with Crippen LogP contribution in [0.1, 0.15) is 35.7 Å². The maximum atomic E-state index is 12.5. The van der Waals surface area contributed by atoms with Gasteiger partial charge in [-0.15, -0.1) is 0 Å². The normalized spacial score (nSPS) is 13.9. The molecular weight excluding hydrogens is 372 g/mol. The molecule has 0 bridgehead atoms. The Morgan fingerprint density at radius 3 is 2.41 bits per heavy atom. The SMILES string of the molecule is CCOC(=O)c1ccccc1NC(=O)NCC1(c2ccc(OC)c(OC)c2)CC1. The third-order valence-corrected chi connectivity index (χ3v) is 5.11. The number of para-hydroxylation sites is 1. The van der Waals surface area contributed by atoms with Crippen LogP contribution < -0.4 is 20.1 Å². The van der Waals surface area contributed by atoms with Gasteiger partial charge in [0.2, 0.25) is 0 Å². The second-order valence-electron chi connectivity index (χ2n) is 6.92. The highest BCUT2D eigenvalue weighted by Crippen LogP contribution is 2.49. The van der Waals surface area contributed by atoms with Crippen molar-refractivity contribution in [3.8, 4) is 11.5 Å². The van der Waals surface area contributed by atoms with Crippen LogP contribution in [0.15, 0.2) is 42.5 Å². The topological polar surface area (TPSA) is 85.9 Å². The van der Waals surface area contributed by atoms with E-state index < -0.39 is 5.97 Å². The van der Waals surface area contributed by atoms with Gasteiger partial charge in [0.1, 0.15) is 0 Å². The zero-order valence-corrected chi connectivity index (χ0v) is 16.9. The predicted molar refractivity (Wildman–Crippen MR) is 110 cm³/mol. The number of rotatable bonds is 8. The molecule has 0 heterocycles. The van der Waals surface area contributed by atoms with Gasteiger partial charge in [0.25, 0.3) is 0 Å². The quantitative estimate of drug-likeness (QED) is 0.662. The molecule has 0 radical (unpaired) electrons. The van der Waals surface area contributed by atoms with Crippen LogP contribution in [0.25, 0.3) is 0 Å². The Labute approximate surface area is 170 Å². The van der Waals surface area contributed by atoms with Crippen LogP contribution in [0.5, 0.6) is 11.5 Å². The van der Waals surface area contributed by atoms with Gasteiger partial charge < -0.3 is 24.8 Å². The van der Waals surface area contributed by atoms with E-state index >= 15 is 0 Å². The van der Waals surface area contributed by atoms with Crippen LogP contribution in [-0.4, -0.2) is 39.4 Å². The molecule has 3 rings (SSSR count). The van der Waals surface area contributed by atoms with Gasteiger partial charge in [0, 0.05) is 12.0 Å². The molecule has 2 aromatic carbocycles. The first-order valence-electron chi connectivity index (χ1n) is 9.56. The van der Waals surface area contributed by atoms with E-state index in [0.29, 0.717) is 29.3 Å². The zero-order valence-electron chi connectivity index (χ0n) is 16.9. The molecule has 0 aliphatic heterocycles. The largest absolute Gasteiger partial charge is 0.493 e. The van der Waals surface area contributed by atoms with Gasteiger partial charge in [-0.3, -0.25) is 0 Å². The number of methoxy groups -OCH3 is 2. The van der Waals surface area contributed by atoms with Crippen LogP contribution in [0.3, 0.4) is 0 Å². The van der Waals surface area contributed by atoms with Crippen LogP contribution in [0.4, 0.5) is 10.5 Å². The van der Waals surface area contributed by atoms with E-state index in [2.05, 4.69) is 10.6 Å². The molecule has 1 fully saturated rings. The number of ether oxygens (including phenoxy) is 3. The van der Waals surface area contributed by atoms with Gasteiger partial charge in [0.15, 0.2) is 11.5 Å². The van der Waals surface area contributed by atoms with Crippen LogP contribution in [0, 0.1) is 0 Å². The maximum absolute atomic E-state index is 12.5. The monoisotopic (exact) mass is 398 g/mol. The lowest BCUT2D eigenvalue weighted by Crippen LogP contribution is -2.35. The molecule has 0 atom stereocenters. The van der Waals surface area contributed by atoms with Crippen LogP contribution in [-0.2, 0) is 10.2 Å². The van der Waals surface area contributed by atoms with Crippen molar-refractivity contribution in [2.75, 3.05) is 32.7 Å². The lowest BCUT2D eigenvalue weighted by atomic mass is 9.95. The standard InChI is InChI=1S/C22H26N2O5/c1-4-29-20(25)16-7-5-6-8-17(16)24-21(26)23-14-22(11-12-22)15-9-10-18(27-2)19(13-15)28-3/h5-10,13H,4,11-12,14H2,1-3H3,(H2,23,24,26). The number of nitrogens with one attached hydrogen (secondary N) is 2. The van der Waals surface area contributed by atoms with E-state index in [1.807, 2.05) is 18.2 Å². The summed E-state index contributed by atoms with van der Waals surface area (Å²) in [4.78, 5) is 24.5. The van der Waals surface area contributed by atoms with E-state index in [1.165, 1.54) is 0 Å².